The van der Waals surface area contributed by atoms with Crippen molar-refractivity contribution >= 4 is 16.5 Å². The highest BCUT2D eigenvalue weighted by Gasteiger charge is 2.32. The molecule has 0 bridgehead atoms. The van der Waals surface area contributed by atoms with Crippen LogP contribution in [-0.2, 0) is 12.0 Å². The molecule has 4 heteroatoms. The molecular formula is C16H29N3S. The second kappa shape index (κ2) is 5.64. The van der Waals surface area contributed by atoms with Crippen molar-refractivity contribution in [1.82, 2.24) is 4.98 Å². The minimum atomic E-state index is 0.0692. The summed E-state index contributed by atoms with van der Waals surface area (Å²) >= 11 is 1.79. The van der Waals surface area contributed by atoms with E-state index >= 15 is 0 Å². The Hall–Kier alpha value is -0.610. The van der Waals surface area contributed by atoms with Crippen LogP contribution >= 0.6 is 11.3 Å². The van der Waals surface area contributed by atoms with Crippen LogP contribution in [0, 0.1) is 11.8 Å². The lowest BCUT2D eigenvalue weighted by Crippen LogP contribution is -2.45. The van der Waals surface area contributed by atoms with Gasteiger partial charge in [-0.1, -0.05) is 34.6 Å². The van der Waals surface area contributed by atoms with Gasteiger partial charge in [-0.2, -0.15) is 0 Å². The molecule has 2 rings (SSSR count). The third kappa shape index (κ3) is 3.01. The first-order valence-corrected chi connectivity index (χ1v) is 8.52. The molecule has 2 heterocycles. The van der Waals surface area contributed by atoms with Crippen LogP contribution in [0.4, 0.5) is 5.13 Å². The summed E-state index contributed by atoms with van der Waals surface area (Å²) in [5, 5.41) is 1.17. The van der Waals surface area contributed by atoms with Crippen LogP contribution in [0.15, 0.2) is 0 Å². The Balaban J connectivity index is 2.35. The Kier molecular flexibility index (Phi) is 4.45. The molecule has 1 aliphatic heterocycles. The van der Waals surface area contributed by atoms with Gasteiger partial charge >= 0.3 is 0 Å². The molecule has 3 unspecified atom stereocenters. The van der Waals surface area contributed by atoms with E-state index in [0.717, 1.165) is 18.4 Å². The van der Waals surface area contributed by atoms with Gasteiger partial charge in [0.15, 0.2) is 5.13 Å². The molecule has 0 radical (unpaired) electrons. The van der Waals surface area contributed by atoms with Gasteiger partial charge in [0.05, 0.1) is 5.69 Å². The maximum atomic E-state index is 5.93. The number of anilines is 1. The molecule has 0 amide bonds. The summed E-state index contributed by atoms with van der Waals surface area (Å²) in [7, 11) is 0. The topological polar surface area (TPSA) is 42.2 Å². The molecule has 3 nitrogen and oxygen atoms in total. The standard InChI is InChI=1S/C16H29N3S/c1-10-7-11(2)12(3)19(9-10)15-18-14(16(4,5)6)13(8-17)20-15/h10-12H,7-9,17H2,1-6H3. The van der Waals surface area contributed by atoms with E-state index in [4.69, 9.17) is 10.7 Å². The summed E-state index contributed by atoms with van der Waals surface area (Å²) < 4.78 is 0. The molecule has 1 aromatic heterocycles. The fourth-order valence-corrected chi connectivity index (χ4v) is 4.40. The van der Waals surface area contributed by atoms with E-state index in [1.165, 1.54) is 22.1 Å². The summed E-state index contributed by atoms with van der Waals surface area (Å²) in [6, 6.07) is 0.566. The van der Waals surface area contributed by atoms with Crippen molar-refractivity contribution in [1.29, 1.82) is 0 Å². The Morgan fingerprint density at radius 2 is 1.95 bits per heavy atom. The van der Waals surface area contributed by atoms with Crippen molar-refractivity contribution in [3.05, 3.63) is 10.6 Å². The van der Waals surface area contributed by atoms with Gasteiger partial charge in [0.2, 0.25) is 0 Å². The number of nitrogens with zero attached hydrogens (tertiary/aromatic N) is 2. The third-order valence-corrected chi connectivity index (χ3v) is 5.54. The second-order valence-electron chi connectivity index (χ2n) is 7.43. The first-order valence-electron chi connectivity index (χ1n) is 7.71. The van der Waals surface area contributed by atoms with Gasteiger partial charge in [-0.25, -0.2) is 4.98 Å². The van der Waals surface area contributed by atoms with Crippen molar-refractivity contribution in [2.24, 2.45) is 17.6 Å². The van der Waals surface area contributed by atoms with E-state index in [-0.39, 0.29) is 5.41 Å². The minimum Gasteiger partial charge on any atom is -0.345 e. The van der Waals surface area contributed by atoms with Gasteiger partial charge in [-0.3, -0.25) is 0 Å². The maximum Gasteiger partial charge on any atom is 0.186 e. The fourth-order valence-electron chi connectivity index (χ4n) is 3.15. The number of hydrogen-bond donors (Lipinski definition) is 1. The number of piperidine rings is 1. The number of hydrogen-bond acceptors (Lipinski definition) is 4. The first-order chi connectivity index (χ1) is 9.24. The Morgan fingerprint density at radius 1 is 1.30 bits per heavy atom. The SMILES string of the molecule is CC1CC(C)C(C)N(c2nc(C(C)(C)C)c(CN)s2)C1. The Labute approximate surface area is 127 Å². The molecule has 2 N–H and O–H groups in total. The highest BCUT2D eigenvalue weighted by molar-refractivity contribution is 7.15. The lowest BCUT2D eigenvalue weighted by atomic mass is 9.86. The first kappa shape index (κ1) is 15.8. The van der Waals surface area contributed by atoms with Crippen LogP contribution in [0.2, 0.25) is 0 Å². The van der Waals surface area contributed by atoms with Crippen molar-refractivity contribution in [2.75, 3.05) is 11.4 Å². The van der Waals surface area contributed by atoms with Gasteiger partial charge < -0.3 is 10.6 Å². The molecule has 0 spiro atoms. The molecule has 0 saturated carbocycles. The summed E-state index contributed by atoms with van der Waals surface area (Å²) in [5.41, 5.74) is 7.18. The van der Waals surface area contributed by atoms with E-state index in [9.17, 15) is 0 Å². The van der Waals surface area contributed by atoms with E-state index in [1.54, 1.807) is 11.3 Å². The van der Waals surface area contributed by atoms with Crippen LogP contribution in [0.25, 0.3) is 0 Å². The number of aromatic nitrogens is 1. The zero-order valence-electron chi connectivity index (χ0n) is 13.7. The van der Waals surface area contributed by atoms with Gasteiger partial charge in [-0.05, 0) is 25.2 Å². The van der Waals surface area contributed by atoms with Crippen molar-refractivity contribution in [2.45, 2.75) is 66.0 Å². The molecule has 1 fully saturated rings. The fraction of sp³-hybridized carbons (Fsp3) is 0.812. The van der Waals surface area contributed by atoms with Crippen LogP contribution in [0.3, 0.4) is 0 Å². The van der Waals surface area contributed by atoms with Crippen LogP contribution in [0.1, 0.15) is 58.5 Å². The number of nitrogens with two attached hydrogens (primary N) is 1. The van der Waals surface area contributed by atoms with Gasteiger partial charge in [-0.15, -0.1) is 11.3 Å². The molecule has 20 heavy (non-hydrogen) atoms. The summed E-state index contributed by atoms with van der Waals surface area (Å²) in [4.78, 5) is 8.70. The van der Waals surface area contributed by atoms with Crippen molar-refractivity contribution in [3.8, 4) is 0 Å². The van der Waals surface area contributed by atoms with Crippen LogP contribution in [0.5, 0.6) is 0 Å². The van der Waals surface area contributed by atoms with E-state index < -0.39 is 0 Å². The second-order valence-corrected chi connectivity index (χ2v) is 8.50. The molecule has 1 aromatic rings. The van der Waals surface area contributed by atoms with Crippen molar-refractivity contribution in [3.63, 3.8) is 0 Å². The molecular weight excluding hydrogens is 266 g/mol. The van der Waals surface area contributed by atoms with Crippen molar-refractivity contribution < 1.29 is 0 Å². The lowest BCUT2D eigenvalue weighted by Gasteiger charge is -2.41. The Bertz CT molecular complexity index is 461. The third-order valence-electron chi connectivity index (χ3n) is 4.43. The number of rotatable bonds is 2. The summed E-state index contributed by atoms with van der Waals surface area (Å²) in [6.07, 6.45) is 1.32. The predicted octanol–water partition coefficient (Wildman–Crippen LogP) is 3.77. The monoisotopic (exact) mass is 295 g/mol. The molecule has 3 atom stereocenters. The number of thiazole rings is 1. The van der Waals surface area contributed by atoms with E-state index in [2.05, 4.69) is 46.4 Å². The van der Waals surface area contributed by atoms with E-state index in [0.29, 0.717) is 12.6 Å². The average molecular weight is 295 g/mol. The summed E-state index contributed by atoms with van der Waals surface area (Å²) in [6.45, 7) is 15.4. The quantitative estimate of drug-likeness (QED) is 0.903. The lowest BCUT2D eigenvalue weighted by molar-refractivity contribution is 0.296. The van der Waals surface area contributed by atoms with Gasteiger partial charge in [0.1, 0.15) is 0 Å². The van der Waals surface area contributed by atoms with Gasteiger partial charge in [0.25, 0.3) is 0 Å². The van der Waals surface area contributed by atoms with Crippen LogP contribution in [-0.4, -0.2) is 17.6 Å². The smallest absolute Gasteiger partial charge is 0.186 e. The highest BCUT2D eigenvalue weighted by atomic mass is 32.1. The largest absolute Gasteiger partial charge is 0.345 e. The van der Waals surface area contributed by atoms with Crippen LogP contribution < -0.4 is 10.6 Å². The average Bonchev–Trinajstić information content (AvgIpc) is 2.77. The highest BCUT2D eigenvalue weighted by Crippen LogP contribution is 2.38. The minimum absolute atomic E-state index is 0.0692. The molecule has 1 saturated heterocycles. The Morgan fingerprint density at radius 3 is 2.45 bits per heavy atom. The zero-order valence-corrected chi connectivity index (χ0v) is 14.5. The molecule has 0 aromatic carbocycles. The molecule has 0 aliphatic carbocycles. The maximum absolute atomic E-state index is 5.93. The normalized spacial score (nSPS) is 27.9. The predicted molar refractivity (Wildman–Crippen MR) is 88.5 cm³/mol. The zero-order chi connectivity index (χ0) is 15.1. The molecule has 114 valence electrons. The summed E-state index contributed by atoms with van der Waals surface area (Å²) in [5.74, 6) is 1.46. The van der Waals surface area contributed by atoms with E-state index in [1.807, 2.05) is 0 Å². The van der Waals surface area contributed by atoms with Gasteiger partial charge in [0, 0.05) is 29.4 Å². The molecule has 1 aliphatic rings.